The Morgan fingerprint density at radius 2 is 2.00 bits per heavy atom. The summed E-state index contributed by atoms with van der Waals surface area (Å²) in [6.07, 6.45) is 0. The minimum absolute atomic E-state index is 0.137. The molecule has 0 amide bonds. The minimum atomic E-state index is -1.04. The van der Waals surface area contributed by atoms with Gasteiger partial charge in [0.2, 0.25) is 0 Å². The van der Waals surface area contributed by atoms with E-state index in [1.54, 1.807) is 13.8 Å². The smallest absolute Gasteiger partial charge is 0.337 e. The van der Waals surface area contributed by atoms with Crippen molar-refractivity contribution >= 4 is 17.1 Å². The topological polar surface area (TPSA) is 98.8 Å². The van der Waals surface area contributed by atoms with Gasteiger partial charge in [0.1, 0.15) is 0 Å². The highest BCUT2D eigenvalue weighted by Crippen LogP contribution is 2.18. The van der Waals surface area contributed by atoms with Crippen LogP contribution < -0.4 is 5.69 Å². The highest BCUT2D eigenvalue weighted by Gasteiger charge is 2.16. The number of fused-ring (bicyclic) bond motifs is 1. The summed E-state index contributed by atoms with van der Waals surface area (Å²) in [7, 11) is 0. The summed E-state index contributed by atoms with van der Waals surface area (Å²) in [4.78, 5) is 31.0. The molecule has 2 heterocycles. The Hall–Kier alpha value is -2.11. The molecule has 0 aromatic carbocycles. The van der Waals surface area contributed by atoms with Crippen molar-refractivity contribution in [3.05, 3.63) is 27.3 Å². The Morgan fingerprint density at radius 3 is 2.60 bits per heavy atom. The fourth-order valence-electron chi connectivity index (χ4n) is 1.66. The molecular weight excluding hydrogens is 198 g/mol. The lowest BCUT2D eigenvalue weighted by Gasteiger charge is -2.04. The van der Waals surface area contributed by atoms with Gasteiger partial charge in [0.15, 0.2) is 5.65 Å². The van der Waals surface area contributed by atoms with Crippen LogP contribution in [0.3, 0.4) is 0 Å². The number of carbonyl (C=O) groups is 1. The van der Waals surface area contributed by atoms with Crippen molar-refractivity contribution in [2.75, 3.05) is 0 Å². The van der Waals surface area contributed by atoms with E-state index in [2.05, 4.69) is 15.0 Å². The van der Waals surface area contributed by atoms with Gasteiger partial charge in [-0.2, -0.15) is 0 Å². The van der Waals surface area contributed by atoms with Gasteiger partial charge in [-0.15, -0.1) is 0 Å². The van der Waals surface area contributed by atoms with Crippen molar-refractivity contribution in [2.24, 2.45) is 0 Å². The molecule has 2 rings (SSSR count). The number of aromatic nitrogens is 3. The zero-order valence-corrected chi connectivity index (χ0v) is 8.21. The molecule has 3 N–H and O–H groups in total. The monoisotopic (exact) mass is 207 g/mol. The van der Waals surface area contributed by atoms with Crippen molar-refractivity contribution in [1.82, 2.24) is 15.0 Å². The van der Waals surface area contributed by atoms with E-state index < -0.39 is 5.97 Å². The number of nitrogens with one attached hydrogen (secondary N) is 2. The van der Waals surface area contributed by atoms with Gasteiger partial charge in [-0.1, -0.05) is 0 Å². The van der Waals surface area contributed by atoms with Crippen molar-refractivity contribution in [3.63, 3.8) is 0 Å². The van der Waals surface area contributed by atoms with Gasteiger partial charge in [0.05, 0.1) is 16.8 Å². The largest absolute Gasteiger partial charge is 0.478 e. The van der Waals surface area contributed by atoms with Crippen LogP contribution >= 0.6 is 0 Å². The van der Waals surface area contributed by atoms with Crippen LogP contribution in [0.15, 0.2) is 4.79 Å². The lowest BCUT2D eigenvalue weighted by atomic mass is 10.1. The summed E-state index contributed by atoms with van der Waals surface area (Å²) in [5.74, 6) is -1.04. The standard InChI is InChI=1S/C9H9N3O3/c1-3-5(8(13)14)4(2)10-7-6(3)11-9(15)12-7/h1-2H3,(H,13,14)(H2,10,11,12,15). The number of aromatic carboxylic acids is 1. The normalized spacial score (nSPS) is 10.8. The maximum atomic E-state index is 11.0. The molecule has 0 aliphatic heterocycles. The molecule has 0 radical (unpaired) electrons. The van der Waals surface area contributed by atoms with Crippen LogP contribution in [0, 0.1) is 13.8 Å². The first kappa shape index (κ1) is 9.45. The van der Waals surface area contributed by atoms with Gasteiger partial charge < -0.3 is 10.1 Å². The molecule has 2 aromatic rings. The third-order valence-electron chi connectivity index (χ3n) is 2.31. The fraction of sp³-hybridized carbons (Fsp3) is 0.222. The van der Waals surface area contributed by atoms with Gasteiger partial charge in [-0.3, -0.25) is 4.98 Å². The van der Waals surface area contributed by atoms with Crippen molar-refractivity contribution in [3.8, 4) is 0 Å². The van der Waals surface area contributed by atoms with Gasteiger partial charge in [-0.05, 0) is 19.4 Å². The minimum Gasteiger partial charge on any atom is -0.478 e. The molecule has 0 bridgehead atoms. The van der Waals surface area contributed by atoms with Crippen molar-refractivity contribution in [2.45, 2.75) is 13.8 Å². The average Bonchev–Trinajstić information content (AvgIpc) is 2.45. The van der Waals surface area contributed by atoms with Crippen LogP contribution in [0.5, 0.6) is 0 Å². The Bertz CT molecular complexity index is 609. The molecule has 0 spiro atoms. The number of rotatable bonds is 1. The molecular formula is C9H9N3O3. The molecule has 2 aromatic heterocycles. The highest BCUT2D eigenvalue weighted by molar-refractivity contribution is 5.95. The predicted octanol–water partition coefficient (Wildman–Crippen LogP) is 0.566. The number of hydrogen-bond donors (Lipinski definition) is 3. The van der Waals surface area contributed by atoms with E-state index in [1.165, 1.54) is 0 Å². The summed E-state index contributed by atoms with van der Waals surface area (Å²) < 4.78 is 0. The molecule has 78 valence electrons. The number of pyridine rings is 1. The van der Waals surface area contributed by atoms with Crippen LogP contribution in [-0.2, 0) is 0 Å². The number of imidazole rings is 1. The first-order valence-corrected chi connectivity index (χ1v) is 4.33. The molecule has 15 heavy (non-hydrogen) atoms. The molecule has 0 fully saturated rings. The molecule has 6 nitrogen and oxygen atoms in total. The molecule has 0 unspecified atom stereocenters. The Morgan fingerprint density at radius 1 is 1.33 bits per heavy atom. The molecule has 0 saturated heterocycles. The first-order valence-electron chi connectivity index (χ1n) is 4.33. The van der Waals surface area contributed by atoms with E-state index in [0.29, 0.717) is 22.4 Å². The molecule has 0 saturated carbocycles. The summed E-state index contributed by atoms with van der Waals surface area (Å²) in [6, 6.07) is 0. The zero-order valence-electron chi connectivity index (χ0n) is 8.21. The lowest BCUT2D eigenvalue weighted by molar-refractivity contribution is 0.0695. The van der Waals surface area contributed by atoms with Crippen LogP contribution in [0.1, 0.15) is 21.6 Å². The molecule has 6 heteroatoms. The Kier molecular flexibility index (Phi) is 1.85. The van der Waals surface area contributed by atoms with Gasteiger partial charge >= 0.3 is 11.7 Å². The summed E-state index contributed by atoms with van der Waals surface area (Å²) in [5.41, 5.74) is 1.49. The second-order valence-corrected chi connectivity index (χ2v) is 3.31. The van der Waals surface area contributed by atoms with E-state index in [9.17, 15) is 9.59 Å². The fourth-order valence-corrected chi connectivity index (χ4v) is 1.66. The third kappa shape index (κ3) is 1.30. The van der Waals surface area contributed by atoms with Gasteiger partial charge in [-0.25, -0.2) is 14.6 Å². The average molecular weight is 207 g/mol. The Balaban J connectivity index is 2.95. The van der Waals surface area contributed by atoms with Gasteiger partial charge in [0.25, 0.3) is 0 Å². The highest BCUT2D eigenvalue weighted by atomic mass is 16.4. The second kappa shape index (κ2) is 2.94. The van der Waals surface area contributed by atoms with Gasteiger partial charge in [0, 0.05) is 0 Å². The van der Waals surface area contributed by atoms with Crippen LogP contribution in [0.25, 0.3) is 11.2 Å². The summed E-state index contributed by atoms with van der Waals surface area (Å²) in [6.45, 7) is 3.24. The molecule has 0 atom stereocenters. The maximum Gasteiger partial charge on any atom is 0.337 e. The van der Waals surface area contributed by atoms with Crippen LogP contribution in [-0.4, -0.2) is 26.0 Å². The maximum absolute atomic E-state index is 11.0. The van der Waals surface area contributed by atoms with E-state index in [-0.39, 0.29) is 11.3 Å². The molecule has 0 aliphatic carbocycles. The quantitative estimate of drug-likeness (QED) is 0.636. The number of aromatic amines is 2. The van der Waals surface area contributed by atoms with E-state index in [4.69, 9.17) is 5.11 Å². The van der Waals surface area contributed by atoms with E-state index in [0.717, 1.165) is 0 Å². The summed E-state index contributed by atoms with van der Waals surface area (Å²) >= 11 is 0. The van der Waals surface area contributed by atoms with Crippen molar-refractivity contribution in [1.29, 1.82) is 0 Å². The first-order chi connectivity index (χ1) is 7.00. The SMILES string of the molecule is Cc1nc2[nH]c(=O)[nH]c2c(C)c1C(=O)O. The third-order valence-corrected chi connectivity index (χ3v) is 2.31. The molecule has 0 aliphatic rings. The number of H-pyrrole nitrogens is 2. The van der Waals surface area contributed by atoms with E-state index in [1.807, 2.05) is 0 Å². The van der Waals surface area contributed by atoms with Crippen LogP contribution in [0.2, 0.25) is 0 Å². The predicted molar refractivity (Wildman–Crippen MR) is 53.1 cm³/mol. The second-order valence-electron chi connectivity index (χ2n) is 3.31. The summed E-state index contributed by atoms with van der Waals surface area (Å²) in [5, 5.41) is 8.97. The van der Waals surface area contributed by atoms with Crippen LogP contribution in [0.4, 0.5) is 0 Å². The van der Waals surface area contributed by atoms with Crippen molar-refractivity contribution < 1.29 is 9.90 Å². The number of carboxylic acid groups (broad SMARTS) is 1. The Labute approximate surface area is 84.0 Å². The number of carboxylic acids is 1. The number of aryl methyl sites for hydroxylation is 2. The number of hydrogen-bond acceptors (Lipinski definition) is 3. The lowest BCUT2D eigenvalue weighted by Crippen LogP contribution is -2.05. The van der Waals surface area contributed by atoms with E-state index >= 15 is 0 Å². The zero-order chi connectivity index (χ0) is 11.2. The number of nitrogens with zero attached hydrogens (tertiary/aromatic N) is 1.